The van der Waals surface area contributed by atoms with E-state index in [1.54, 1.807) is 39.2 Å². The van der Waals surface area contributed by atoms with E-state index in [-0.39, 0.29) is 11.7 Å². The van der Waals surface area contributed by atoms with E-state index in [4.69, 9.17) is 9.26 Å². The predicted octanol–water partition coefficient (Wildman–Crippen LogP) is 1.95. The average molecular weight is 303 g/mol. The molecule has 0 saturated heterocycles. The van der Waals surface area contributed by atoms with Crippen LogP contribution in [0.3, 0.4) is 0 Å². The van der Waals surface area contributed by atoms with Crippen LogP contribution < -0.4 is 10.1 Å². The Morgan fingerprint density at radius 1 is 1.27 bits per heavy atom. The van der Waals surface area contributed by atoms with Crippen molar-refractivity contribution in [2.75, 3.05) is 26.5 Å². The SMILES string of the molecule is COc1ccc(NC(=O)c2cc(C)no2)cc1C(=O)N(C)C. The molecule has 0 saturated carbocycles. The number of carbonyl (C=O) groups is 2. The van der Waals surface area contributed by atoms with Crippen molar-refractivity contribution in [1.82, 2.24) is 10.1 Å². The maximum Gasteiger partial charge on any atom is 0.294 e. The monoisotopic (exact) mass is 303 g/mol. The van der Waals surface area contributed by atoms with E-state index in [1.165, 1.54) is 18.1 Å². The van der Waals surface area contributed by atoms with Gasteiger partial charge in [-0.2, -0.15) is 0 Å². The molecular weight excluding hydrogens is 286 g/mol. The maximum absolute atomic E-state index is 12.1. The van der Waals surface area contributed by atoms with Crippen LogP contribution in [0, 0.1) is 6.92 Å². The van der Waals surface area contributed by atoms with Gasteiger partial charge in [0.1, 0.15) is 5.75 Å². The van der Waals surface area contributed by atoms with E-state index < -0.39 is 5.91 Å². The molecule has 1 N–H and O–H groups in total. The van der Waals surface area contributed by atoms with Gasteiger partial charge in [-0.3, -0.25) is 9.59 Å². The van der Waals surface area contributed by atoms with Crippen molar-refractivity contribution >= 4 is 17.5 Å². The zero-order valence-corrected chi connectivity index (χ0v) is 12.8. The van der Waals surface area contributed by atoms with Gasteiger partial charge in [0.25, 0.3) is 11.8 Å². The first kappa shape index (κ1) is 15.6. The quantitative estimate of drug-likeness (QED) is 0.933. The molecule has 7 nitrogen and oxygen atoms in total. The number of amides is 2. The van der Waals surface area contributed by atoms with Crippen LogP contribution in [-0.2, 0) is 0 Å². The van der Waals surface area contributed by atoms with Gasteiger partial charge < -0.3 is 19.5 Å². The summed E-state index contributed by atoms with van der Waals surface area (Å²) < 4.78 is 10.1. The number of benzene rings is 1. The highest BCUT2D eigenvalue weighted by Gasteiger charge is 2.17. The average Bonchev–Trinajstić information content (AvgIpc) is 2.93. The van der Waals surface area contributed by atoms with Gasteiger partial charge in [0.15, 0.2) is 0 Å². The second-order valence-electron chi connectivity index (χ2n) is 4.90. The first-order valence-electron chi connectivity index (χ1n) is 6.56. The zero-order valence-electron chi connectivity index (χ0n) is 12.8. The van der Waals surface area contributed by atoms with Crippen molar-refractivity contribution in [3.05, 3.63) is 41.3 Å². The number of nitrogens with one attached hydrogen (secondary N) is 1. The number of methoxy groups -OCH3 is 1. The van der Waals surface area contributed by atoms with Gasteiger partial charge in [0.2, 0.25) is 5.76 Å². The van der Waals surface area contributed by atoms with Gasteiger partial charge >= 0.3 is 0 Å². The highest BCUT2D eigenvalue weighted by Crippen LogP contribution is 2.24. The van der Waals surface area contributed by atoms with Crippen LogP contribution in [0.5, 0.6) is 5.75 Å². The highest BCUT2D eigenvalue weighted by atomic mass is 16.5. The lowest BCUT2D eigenvalue weighted by Gasteiger charge is -2.14. The molecule has 7 heteroatoms. The molecule has 0 atom stereocenters. The Morgan fingerprint density at radius 2 is 2.00 bits per heavy atom. The van der Waals surface area contributed by atoms with Gasteiger partial charge in [-0.15, -0.1) is 0 Å². The summed E-state index contributed by atoms with van der Waals surface area (Å²) in [4.78, 5) is 25.6. The lowest BCUT2D eigenvalue weighted by Crippen LogP contribution is -2.22. The fourth-order valence-electron chi connectivity index (χ4n) is 1.86. The van der Waals surface area contributed by atoms with Crippen molar-refractivity contribution in [2.24, 2.45) is 0 Å². The van der Waals surface area contributed by atoms with Crippen molar-refractivity contribution in [1.29, 1.82) is 0 Å². The van der Waals surface area contributed by atoms with Crippen molar-refractivity contribution in [3.63, 3.8) is 0 Å². The molecule has 2 rings (SSSR count). The Labute approximate surface area is 127 Å². The van der Waals surface area contributed by atoms with E-state index in [0.29, 0.717) is 22.7 Å². The molecule has 1 aromatic carbocycles. The normalized spacial score (nSPS) is 10.2. The molecule has 0 aliphatic rings. The van der Waals surface area contributed by atoms with Gasteiger partial charge in [-0.25, -0.2) is 0 Å². The van der Waals surface area contributed by atoms with E-state index in [2.05, 4.69) is 10.5 Å². The molecule has 22 heavy (non-hydrogen) atoms. The summed E-state index contributed by atoms with van der Waals surface area (Å²) in [6.07, 6.45) is 0. The van der Waals surface area contributed by atoms with Crippen molar-refractivity contribution < 1.29 is 18.8 Å². The fourth-order valence-corrected chi connectivity index (χ4v) is 1.86. The van der Waals surface area contributed by atoms with E-state index >= 15 is 0 Å². The minimum atomic E-state index is -0.436. The lowest BCUT2D eigenvalue weighted by atomic mass is 10.1. The number of aromatic nitrogens is 1. The van der Waals surface area contributed by atoms with E-state index in [0.717, 1.165) is 0 Å². The molecule has 0 unspecified atom stereocenters. The lowest BCUT2D eigenvalue weighted by molar-refractivity contribution is 0.0823. The maximum atomic E-state index is 12.1. The molecule has 1 heterocycles. The largest absolute Gasteiger partial charge is 0.496 e. The molecule has 2 aromatic rings. The van der Waals surface area contributed by atoms with Crippen molar-refractivity contribution in [2.45, 2.75) is 6.92 Å². The summed E-state index contributed by atoms with van der Waals surface area (Å²) in [6.45, 7) is 1.72. The fraction of sp³-hybridized carbons (Fsp3) is 0.267. The number of ether oxygens (including phenoxy) is 1. The van der Waals surface area contributed by atoms with Crippen LogP contribution in [0.2, 0.25) is 0 Å². The number of hydrogen-bond acceptors (Lipinski definition) is 5. The molecule has 0 radical (unpaired) electrons. The summed E-state index contributed by atoms with van der Waals surface area (Å²) >= 11 is 0. The third-order valence-electron chi connectivity index (χ3n) is 2.95. The van der Waals surface area contributed by atoms with Gasteiger partial charge in [-0.1, -0.05) is 5.16 Å². The number of anilines is 1. The molecule has 116 valence electrons. The zero-order chi connectivity index (χ0) is 16.3. The van der Waals surface area contributed by atoms with E-state index in [9.17, 15) is 9.59 Å². The summed E-state index contributed by atoms with van der Waals surface area (Å²) in [7, 11) is 4.77. The minimum absolute atomic E-state index is 0.105. The number of nitrogens with zero attached hydrogens (tertiary/aromatic N) is 2. The Bertz CT molecular complexity index is 707. The molecule has 0 aliphatic heterocycles. The van der Waals surface area contributed by atoms with Crippen LogP contribution in [0.25, 0.3) is 0 Å². The molecular formula is C15H17N3O4. The smallest absolute Gasteiger partial charge is 0.294 e. The van der Waals surface area contributed by atoms with Gasteiger partial charge in [-0.05, 0) is 25.1 Å². The number of rotatable bonds is 4. The van der Waals surface area contributed by atoms with Crippen molar-refractivity contribution in [3.8, 4) is 5.75 Å². The van der Waals surface area contributed by atoms with Crippen LogP contribution in [-0.4, -0.2) is 43.1 Å². The third kappa shape index (κ3) is 3.25. The Kier molecular flexibility index (Phi) is 4.45. The third-order valence-corrected chi connectivity index (χ3v) is 2.95. The Morgan fingerprint density at radius 3 is 2.55 bits per heavy atom. The Balaban J connectivity index is 2.27. The number of hydrogen-bond donors (Lipinski definition) is 1. The topological polar surface area (TPSA) is 84.7 Å². The summed E-state index contributed by atoms with van der Waals surface area (Å²) in [5.74, 6) is -0.113. The van der Waals surface area contributed by atoms with Crippen LogP contribution in [0.15, 0.2) is 28.8 Å². The first-order valence-corrected chi connectivity index (χ1v) is 6.56. The summed E-state index contributed by atoms with van der Waals surface area (Å²) in [5, 5.41) is 6.32. The van der Waals surface area contributed by atoms with Crippen LogP contribution >= 0.6 is 0 Å². The van der Waals surface area contributed by atoms with Gasteiger partial charge in [0, 0.05) is 25.8 Å². The number of carbonyl (C=O) groups excluding carboxylic acids is 2. The van der Waals surface area contributed by atoms with Crippen LogP contribution in [0.4, 0.5) is 5.69 Å². The first-order chi connectivity index (χ1) is 10.4. The highest BCUT2D eigenvalue weighted by molar-refractivity contribution is 6.04. The molecule has 0 spiro atoms. The minimum Gasteiger partial charge on any atom is -0.496 e. The van der Waals surface area contributed by atoms with E-state index in [1.807, 2.05) is 0 Å². The second-order valence-corrected chi connectivity index (χ2v) is 4.90. The summed E-state index contributed by atoms with van der Waals surface area (Å²) in [5.41, 5.74) is 1.44. The molecule has 0 bridgehead atoms. The molecule has 0 aliphatic carbocycles. The molecule has 1 aromatic heterocycles. The second kappa shape index (κ2) is 6.30. The standard InChI is InChI=1S/C15H17N3O4/c1-9-7-13(22-17-9)14(19)16-10-5-6-12(21-4)11(8-10)15(20)18(2)3/h5-8H,1-4H3,(H,16,19). The Hall–Kier alpha value is -2.83. The number of aryl methyl sites for hydroxylation is 1. The van der Waals surface area contributed by atoms with Gasteiger partial charge in [0.05, 0.1) is 18.4 Å². The van der Waals surface area contributed by atoms with Crippen LogP contribution in [0.1, 0.15) is 26.6 Å². The molecule has 0 fully saturated rings. The predicted molar refractivity (Wildman–Crippen MR) is 80.2 cm³/mol. The molecule has 2 amide bonds. The summed E-state index contributed by atoms with van der Waals surface area (Å²) in [6, 6.07) is 6.36.